The normalized spacial score (nSPS) is 12.6. The quantitative estimate of drug-likeness (QED) is 0.582. The number of hydrogen-bond donors (Lipinski definition) is 1. The van der Waals surface area contributed by atoms with Crippen LogP contribution in [0.1, 0.15) is 70.3 Å². The fourth-order valence-corrected chi connectivity index (χ4v) is 2.66. The number of para-hydroxylation sites is 1. The molecule has 0 saturated carbocycles. The highest BCUT2D eigenvalue weighted by molar-refractivity contribution is 6.32. The molecule has 0 aliphatic carbocycles. The molecular formula is C16H25ClO. The maximum atomic E-state index is 10.1. The molecule has 0 spiro atoms. The van der Waals surface area contributed by atoms with Crippen molar-refractivity contribution in [2.45, 2.75) is 64.7 Å². The summed E-state index contributed by atoms with van der Waals surface area (Å²) in [5, 5.41) is 10.5. The minimum Gasteiger partial charge on any atom is -0.506 e. The Labute approximate surface area is 116 Å². The highest BCUT2D eigenvalue weighted by Gasteiger charge is 2.15. The Bertz CT molecular complexity index is 349. The lowest BCUT2D eigenvalue weighted by Crippen LogP contribution is -1.99. The van der Waals surface area contributed by atoms with Gasteiger partial charge in [-0.3, -0.25) is 0 Å². The van der Waals surface area contributed by atoms with Crippen molar-refractivity contribution in [2.24, 2.45) is 0 Å². The van der Waals surface area contributed by atoms with Crippen LogP contribution in [0.5, 0.6) is 5.75 Å². The molecule has 0 radical (unpaired) electrons. The van der Waals surface area contributed by atoms with Gasteiger partial charge < -0.3 is 5.11 Å². The summed E-state index contributed by atoms with van der Waals surface area (Å²) >= 11 is 5.99. The molecule has 1 rings (SSSR count). The molecule has 1 aromatic rings. The van der Waals surface area contributed by atoms with Gasteiger partial charge in [0.25, 0.3) is 0 Å². The second-order valence-corrected chi connectivity index (χ2v) is 5.42. The molecule has 1 unspecified atom stereocenters. The van der Waals surface area contributed by atoms with Crippen molar-refractivity contribution in [1.82, 2.24) is 0 Å². The predicted octanol–water partition coefficient (Wildman–Crippen LogP) is 5.90. The number of phenolic OH excluding ortho intramolecular Hbond substituents is 1. The maximum absolute atomic E-state index is 10.1. The van der Waals surface area contributed by atoms with Gasteiger partial charge in [0.05, 0.1) is 5.02 Å². The van der Waals surface area contributed by atoms with E-state index in [2.05, 4.69) is 13.8 Å². The van der Waals surface area contributed by atoms with Gasteiger partial charge in [-0.1, -0.05) is 69.7 Å². The van der Waals surface area contributed by atoms with Crippen molar-refractivity contribution in [2.75, 3.05) is 0 Å². The summed E-state index contributed by atoms with van der Waals surface area (Å²) in [6.45, 7) is 4.42. The molecule has 18 heavy (non-hydrogen) atoms. The van der Waals surface area contributed by atoms with E-state index in [1.165, 1.54) is 25.7 Å². The predicted molar refractivity (Wildman–Crippen MR) is 79.5 cm³/mol. The second kappa shape index (κ2) is 8.42. The number of aromatic hydroxyl groups is 1. The van der Waals surface area contributed by atoms with Crippen LogP contribution in [0.15, 0.2) is 18.2 Å². The Balaban J connectivity index is 2.68. The lowest BCUT2D eigenvalue weighted by atomic mass is 9.88. The monoisotopic (exact) mass is 268 g/mol. The molecule has 0 aliphatic rings. The SMILES string of the molecule is CCCCCCC(CCC)c1cccc(Cl)c1O. The van der Waals surface area contributed by atoms with Crippen molar-refractivity contribution in [3.05, 3.63) is 28.8 Å². The molecule has 1 N–H and O–H groups in total. The first-order valence-corrected chi connectivity index (χ1v) is 7.55. The van der Waals surface area contributed by atoms with E-state index in [0.29, 0.717) is 10.9 Å². The highest BCUT2D eigenvalue weighted by Crippen LogP contribution is 2.37. The molecule has 0 amide bonds. The number of phenols is 1. The van der Waals surface area contributed by atoms with Gasteiger partial charge in [0.2, 0.25) is 0 Å². The van der Waals surface area contributed by atoms with E-state index in [0.717, 1.165) is 24.8 Å². The number of hydrogen-bond acceptors (Lipinski definition) is 1. The van der Waals surface area contributed by atoms with Crippen LogP contribution < -0.4 is 0 Å². The zero-order valence-corrected chi connectivity index (χ0v) is 12.3. The molecule has 0 heterocycles. The number of unbranched alkanes of at least 4 members (excludes halogenated alkanes) is 3. The van der Waals surface area contributed by atoms with E-state index in [1.54, 1.807) is 6.07 Å². The molecule has 0 fully saturated rings. The molecule has 1 atom stereocenters. The van der Waals surface area contributed by atoms with Crippen molar-refractivity contribution in [3.8, 4) is 5.75 Å². The largest absolute Gasteiger partial charge is 0.506 e. The summed E-state index contributed by atoms with van der Waals surface area (Å²) in [6, 6.07) is 5.70. The molecule has 0 aromatic heterocycles. The summed E-state index contributed by atoms with van der Waals surface area (Å²) in [7, 11) is 0. The van der Waals surface area contributed by atoms with Crippen molar-refractivity contribution in [3.63, 3.8) is 0 Å². The topological polar surface area (TPSA) is 20.2 Å². The van der Waals surface area contributed by atoms with Gasteiger partial charge in [-0.05, 0) is 30.4 Å². The Kier molecular flexibility index (Phi) is 7.19. The Morgan fingerprint density at radius 2 is 1.83 bits per heavy atom. The third-order valence-electron chi connectivity index (χ3n) is 3.50. The summed E-state index contributed by atoms with van der Waals surface area (Å²) in [4.78, 5) is 0. The summed E-state index contributed by atoms with van der Waals surface area (Å²) < 4.78 is 0. The number of benzene rings is 1. The van der Waals surface area contributed by atoms with Gasteiger partial charge in [0.15, 0.2) is 0 Å². The van der Waals surface area contributed by atoms with Gasteiger partial charge in [-0.25, -0.2) is 0 Å². The van der Waals surface area contributed by atoms with Crippen LogP contribution in [0, 0.1) is 0 Å². The third kappa shape index (κ3) is 4.53. The molecular weight excluding hydrogens is 244 g/mol. The van der Waals surface area contributed by atoms with E-state index < -0.39 is 0 Å². The minimum absolute atomic E-state index is 0.285. The van der Waals surface area contributed by atoms with E-state index in [-0.39, 0.29) is 5.75 Å². The lowest BCUT2D eigenvalue weighted by Gasteiger charge is -2.18. The maximum Gasteiger partial charge on any atom is 0.137 e. The first kappa shape index (κ1) is 15.4. The number of halogens is 1. The fourth-order valence-electron chi connectivity index (χ4n) is 2.48. The summed E-state index contributed by atoms with van der Waals surface area (Å²) in [6.07, 6.45) is 8.52. The second-order valence-electron chi connectivity index (χ2n) is 5.01. The molecule has 0 bridgehead atoms. The van der Waals surface area contributed by atoms with E-state index >= 15 is 0 Å². The lowest BCUT2D eigenvalue weighted by molar-refractivity contribution is 0.446. The van der Waals surface area contributed by atoms with Crippen LogP contribution >= 0.6 is 11.6 Å². The van der Waals surface area contributed by atoms with Gasteiger partial charge >= 0.3 is 0 Å². The molecule has 1 aromatic carbocycles. The Hall–Kier alpha value is -0.690. The molecule has 0 aliphatic heterocycles. The zero-order valence-electron chi connectivity index (χ0n) is 11.6. The van der Waals surface area contributed by atoms with E-state index in [1.807, 2.05) is 12.1 Å². The average molecular weight is 269 g/mol. The molecule has 2 heteroatoms. The van der Waals surface area contributed by atoms with Crippen LogP contribution in [0.25, 0.3) is 0 Å². The van der Waals surface area contributed by atoms with Crippen LogP contribution in [-0.2, 0) is 0 Å². The van der Waals surface area contributed by atoms with Gasteiger partial charge in [0, 0.05) is 0 Å². The summed E-state index contributed by atoms with van der Waals surface area (Å²) in [5.74, 6) is 0.735. The fraction of sp³-hybridized carbons (Fsp3) is 0.625. The molecule has 102 valence electrons. The van der Waals surface area contributed by atoms with E-state index in [4.69, 9.17) is 11.6 Å². The smallest absolute Gasteiger partial charge is 0.137 e. The Morgan fingerprint density at radius 3 is 2.50 bits per heavy atom. The Morgan fingerprint density at radius 1 is 1.06 bits per heavy atom. The van der Waals surface area contributed by atoms with Crippen molar-refractivity contribution >= 4 is 11.6 Å². The van der Waals surface area contributed by atoms with Crippen molar-refractivity contribution < 1.29 is 5.11 Å². The first-order chi connectivity index (χ1) is 8.70. The highest BCUT2D eigenvalue weighted by atomic mass is 35.5. The number of rotatable bonds is 8. The minimum atomic E-state index is 0.285. The first-order valence-electron chi connectivity index (χ1n) is 7.18. The van der Waals surface area contributed by atoms with Crippen LogP contribution in [0.2, 0.25) is 5.02 Å². The van der Waals surface area contributed by atoms with Gasteiger partial charge in [-0.2, -0.15) is 0 Å². The van der Waals surface area contributed by atoms with Crippen LogP contribution in [-0.4, -0.2) is 5.11 Å². The average Bonchev–Trinajstić information content (AvgIpc) is 2.37. The van der Waals surface area contributed by atoms with Crippen LogP contribution in [0.3, 0.4) is 0 Å². The van der Waals surface area contributed by atoms with E-state index in [9.17, 15) is 5.11 Å². The molecule has 1 nitrogen and oxygen atoms in total. The van der Waals surface area contributed by atoms with Crippen LogP contribution in [0.4, 0.5) is 0 Å². The van der Waals surface area contributed by atoms with Gasteiger partial charge in [0.1, 0.15) is 5.75 Å². The zero-order chi connectivity index (χ0) is 13.4. The standard InChI is InChI=1S/C16H25ClO/c1-3-5-6-7-10-13(9-4-2)14-11-8-12-15(17)16(14)18/h8,11-13,18H,3-7,9-10H2,1-2H3. The van der Waals surface area contributed by atoms with Crippen molar-refractivity contribution in [1.29, 1.82) is 0 Å². The molecule has 0 saturated heterocycles. The summed E-state index contributed by atoms with van der Waals surface area (Å²) in [5.41, 5.74) is 1.03. The van der Waals surface area contributed by atoms with Gasteiger partial charge in [-0.15, -0.1) is 0 Å². The third-order valence-corrected chi connectivity index (χ3v) is 3.81.